The van der Waals surface area contributed by atoms with Crippen LogP contribution in [0.4, 0.5) is 4.79 Å². The summed E-state index contributed by atoms with van der Waals surface area (Å²) in [6, 6.07) is 2.50. The van der Waals surface area contributed by atoms with Crippen molar-refractivity contribution in [2.24, 2.45) is 0 Å². The zero-order valence-corrected chi connectivity index (χ0v) is 16.2. The third-order valence-electron chi connectivity index (χ3n) is 3.63. The molecule has 1 atom stereocenters. The van der Waals surface area contributed by atoms with Crippen molar-refractivity contribution in [1.29, 1.82) is 0 Å². The van der Waals surface area contributed by atoms with E-state index >= 15 is 0 Å². The maximum Gasteiger partial charge on any atom is 0.337 e. The average Bonchev–Trinajstić information content (AvgIpc) is 2.56. The first-order chi connectivity index (χ1) is 11.9. The lowest BCUT2D eigenvalue weighted by Crippen LogP contribution is -2.45. The predicted octanol–water partition coefficient (Wildman–Crippen LogP) is 3.05. The molecule has 0 saturated heterocycles. The molecule has 1 heterocycles. The number of halogens is 1. The van der Waals surface area contributed by atoms with E-state index in [4.69, 9.17) is 14.2 Å². The zero-order valence-electron chi connectivity index (χ0n) is 14.6. The maximum atomic E-state index is 12.2. The molecule has 25 heavy (non-hydrogen) atoms. The second kappa shape index (κ2) is 8.24. The van der Waals surface area contributed by atoms with E-state index in [1.165, 1.54) is 7.11 Å². The van der Waals surface area contributed by atoms with Crippen molar-refractivity contribution in [3.05, 3.63) is 33.4 Å². The second-order valence-corrected chi connectivity index (χ2v) is 6.11. The highest BCUT2D eigenvalue weighted by molar-refractivity contribution is 9.10. The Labute approximate surface area is 154 Å². The van der Waals surface area contributed by atoms with E-state index in [2.05, 4.69) is 26.6 Å². The largest absolute Gasteiger partial charge is 0.490 e. The number of carbonyl (C=O) groups is 2. The maximum absolute atomic E-state index is 12.2. The first-order valence-corrected chi connectivity index (χ1v) is 8.67. The summed E-state index contributed by atoms with van der Waals surface area (Å²) in [5, 5.41) is 5.34. The van der Waals surface area contributed by atoms with Gasteiger partial charge in [0.2, 0.25) is 0 Å². The van der Waals surface area contributed by atoms with E-state index in [1.54, 1.807) is 19.1 Å². The van der Waals surface area contributed by atoms with Crippen LogP contribution in [0, 0.1) is 0 Å². The van der Waals surface area contributed by atoms with Gasteiger partial charge in [-0.15, -0.1) is 0 Å². The average molecular weight is 413 g/mol. The number of esters is 1. The number of amides is 2. The number of methoxy groups -OCH3 is 1. The van der Waals surface area contributed by atoms with Crippen LogP contribution in [0.25, 0.3) is 0 Å². The van der Waals surface area contributed by atoms with Crippen molar-refractivity contribution < 1.29 is 23.8 Å². The van der Waals surface area contributed by atoms with E-state index < -0.39 is 18.0 Å². The molecule has 0 bridgehead atoms. The van der Waals surface area contributed by atoms with Gasteiger partial charge in [-0.25, -0.2) is 9.59 Å². The van der Waals surface area contributed by atoms with Gasteiger partial charge in [0, 0.05) is 5.70 Å². The Morgan fingerprint density at radius 1 is 1.24 bits per heavy atom. The van der Waals surface area contributed by atoms with Crippen molar-refractivity contribution in [3.8, 4) is 11.5 Å². The van der Waals surface area contributed by atoms with Crippen LogP contribution in [0.2, 0.25) is 0 Å². The molecular formula is C17H21BrN2O5. The van der Waals surface area contributed by atoms with Crippen LogP contribution >= 0.6 is 15.9 Å². The second-order valence-electron chi connectivity index (χ2n) is 5.26. The molecular weight excluding hydrogens is 392 g/mol. The number of urea groups is 1. The molecule has 1 aliphatic heterocycles. The van der Waals surface area contributed by atoms with E-state index in [9.17, 15) is 9.59 Å². The van der Waals surface area contributed by atoms with Gasteiger partial charge >= 0.3 is 12.0 Å². The lowest BCUT2D eigenvalue weighted by molar-refractivity contribution is -0.136. The summed E-state index contributed by atoms with van der Waals surface area (Å²) in [5.74, 6) is 0.593. The van der Waals surface area contributed by atoms with Gasteiger partial charge in [-0.05, 0) is 54.4 Å². The number of hydrogen-bond acceptors (Lipinski definition) is 5. The lowest BCUT2D eigenvalue weighted by Gasteiger charge is -2.28. The number of allylic oxidation sites excluding steroid dienone is 1. The minimum absolute atomic E-state index is 0.334. The number of rotatable bonds is 6. The highest BCUT2D eigenvalue weighted by atomic mass is 79.9. The van der Waals surface area contributed by atoms with Crippen molar-refractivity contribution >= 4 is 27.9 Å². The zero-order chi connectivity index (χ0) is 18.6. The fourth-order valence-electron chi connectivity index (χ4n) is 2.63. The molecule has 2 N–H and O–H groups in total. The Balaban J connectivity index is 2.56. The minimum Gasteiger partial charge on any atom is -0.490 e. The van der Waals surface area contributed by atoms with Gasteiger partial charge in [0.1, 0.15) is 0 Å². The van der Waals surface area contributed by atoms with Crippen molar-refractivity contribution in [2.75, 3.05) is 20.3 Å². The smallest absolute Gasteiger partial charge is 0.337 e. The molecule has 0 aromatic heterocycles. The van der Waals surface area contributed by atoms with Crippen molar-refractivity contribution in [2.45, 2.75) is 26.8 Å². The monoisotopic (exact) mass is 412 g/mol. The van der Waals surface area contributed by atoms with Gasteiger partial charge in [-0.2, -0.15) is 0 Å². The van der Waals surface area contributed by atoms with Gasteiger partial charge in [0.15, 0.2) is 11.5 Å². The number of nitrogens with one attached hydrogen (secondary N) is 2. The fraction of sp³-hybridized carbons (Fsp3) is 0.412. The van der Waals surface area contributed by atoms with Crippen LogP contribution in [0.5, 0.6) is 11.5 Å². The highest BCUT2D eigenvalue weighted by Crippen LogP contribution is 2.40. The molecule has 2 rings (SSSR count). The molecule has 1 aromatic rings. The normalized spacial score (nSPS) is 16.8. The van der Waals surface area contributed by atoms with Gasteiger partial charge < -0.3 is 24.8 Å². The summed E-state index contributed by atoms with van der Waals surface area (Å²) in [7, 11) is 1.30. The minimum atomic E-state index is -0.660. The Hall–Kier alpha value is -2.22. The van der Waals surface area contributed by atoms with Gasteiger partial charge in [0.25, 0.3) is 0 Å². The molecule has 7 nitrogen and oxygen atoms in total. The number of benzene rings is 1. The summed E-state index contributed by atoms with van der Waals surface area (Å²) < 4.78 is 16.8. The predicted molar refractivity (Wildman–Crippen MR) is 95.6 cm³/mol. The number of hydrogen-bond donors (Lipinski definition) is 2. The quantitative estimate of drug-likeness (QED) is 0.701. The topological polar surface area (TPSA) is 85.9 Å². The standard InChI is InChI=1S/C17H21BrN2O5/c1-5-24-12-8-10(7-11(18)15(12)25-6-2)14-13(16(21)23-4)9(3)19-17(22)20-14/h7-8,14H,5-6H2,1-4H3,(H2,19,20,22)/t14-/m0/s1. The number of carbonyl (C=O) groups excluding carboxylic acids is 2. The molecule has 1 aliphatic rings. The molecule has 0 saturated carbocycles. The molecule has 0 spiro atoms. The van der Waals surface area contributed by atoms with Crippen molar-refractivity contribution in [3.63, 3.8) is 0 Å². The Kier molecular flexibility index (Phi) is 6.30. The van der Waals surface area contributed by atoms with Crippen molar-refractivity contribution in [1.82, 2.24) is 10.6 Å². The van der Waals surface area contributed by atoms with Crippen LogP contribution in [-0.2, 0) is 9.53 Å². The van der Waals surface area contributed by atoms with Crippen LogP contribution in [0.15, 0.2) is 27.9 Å². The summed E-state index contributed by atoms with van der Waals surface area (Å²) in [4.78, 5) is 24.1. The summed E-state index contributed by atoms with van der Waals surface area (Å²) in [5.41, 5.74) is 1.46. The van der Waals surface area contributed by atoms with Crippen LogP contribution in [0.1, 0.15) is 32.4 Å². The van der Waals surface area contributed by atoms with E-state index in [-0.39, 0.29) is 0 Å². The molecule has 0 aliphatic carbocycles. The molecule has 136 valence electrons. The Morgan fingerprint density at radius 3 is 2.52 bits per heavy atom. The first-order valence-electron chi connectivity index (χ1n) is 7.88. The molecule has 0 radical (unpaired) electrons. The van der Waals surface area contributed by atoms with Crippen LogP contribution in [0.3, 0.4) is 0 Å². The number of ether oxygens (including phenoxy) is 3. The fourth-order valence-corrected chi connectivity index (χ4v) is 3.20. The third kappa shape index (κ3) is 4.07. The summed E-state index contributed by atoms with van der Waals surface area (Å²) >= 11 is 3.47. The molecule has 2 amide bonds. The first kappa shape index (κ1) is 19.1. The van der Waals surface area contributed by atoms with Crippen LogP contribution in [-0.4, -0.2) is 32.3 Å². The Bertz CT molecular complexity index is 717. The SMILES string of the molecule is CCOc1cc([C@@H]2NC(=O)NC(C)=C2C(=O)OC)cc(Br)c1OCC. The highest BCUT2D eigenvalue weighted by Gasteiger charge is 2.32. The molecule has 8 heteroatoms. The van der Waals surface area contributed by atoms with Crippen LogP contribution < -0.4 is 20.1 Å². The van der Waals surface area contributed by atoms with Gasteiger partial charge in [-0.3, -0.25) is 0 Å². The molecule has 0 fully saturated rings. The summed E-state index contributed by atoms with van der Waals surface area (Å²) in [6.45, 7) is 6.34. The third-order valence-corrected chi connectivity index (χ3v) is 4.22. The van der Waals surface area contributed by atoms with Gasteiger partial charge in [0.05, 0.1) is 36.4 Å². The van der Waals surface area contributed by atoms with E-state index in [0.29, 0.717) is 46.0 Å². The molecule has 0 unspecified atom stereocenters. The molecule has 1 aromatic carbocycles. The lowest BCUT2D eigenvalue weighted by atomic mass is 9.95. The van der Waals surface area contributed by atoms with Gasteiger partial charge in [-0.1, -0.05) is 0 Å². The van der Waals surface area contributed by atoms with E-state index in [0.717, 1.165) is 0 Å². The Morgan fingerprint density at radius 2 is 1.92 bits per heavy atom. The summed E-state index contributed by atoms with van der Waals surface area (Å²) in [6.07, 6.45) is 0. The van der Waals surface area contributed by atoms with E-state index in [1.807, 2.05) is 13.8 Å².